The fourth-order valence-electron chi connectivity index (χ4n) is 5.02. The summed E-state index contributed by atoms with van der Waals surface area (Å²) >= 11 is 0. The Morgan fingerprint density at radius 3 is 2.51 bits per heavy atom. The zero-order chi connectivity index (χ0) is 27.8. The first kappa shape index (κ1) is 28.4. The van der Waals surface area contributed by atoms with Gasteiger partial charge in [0.2, 0.25) is 0 Å². The maximum absolute atomic E-state index is 14.1. The van der Waals surface area contributed by atoms with Gasteiger partial charge in [-0.15, -0.1) is 0 Å². The van der Waals surface area contributed by atoms with Crippen LogP contribution in [-0.2, 0) is 13.0 Å². The Labute approximate surface area is 231 Å². The van der Waals surface area contributed by atoms with Crippen molar-refractivity contribution >= 4 is 17.5 Å². The molecule has 2 amide bonds. The number of hydrogen-bond acceptors (Lipinski definition) is 6. The molecule has 1 aliphatic heterocycles. The zero-order valence-electron chi connectivity index (χ0n) is 23.6. The molecule has 8 heteroatoms. The number of benzene rings is 2. The normalized spacial score (nSPS) is 15.1. The molecule has 3 aromatic rings. The molecular weight excluding hydrogens is 492 g/mol. The molecular formula is C31H40N4O4. The average molecular weight is 533 g/mol. The van der Waals surface area contributed by atoms with Crippen LogP contribution in [0.25, 0.3) is 0 Å². The first-order valence-electron chi connectivity index (χ1n) is 14.0. The highest BCUT2D eigenvalue weighted by Gasteiger charge is 2.27. The number of aromatic nitrogens is 1. The molecule has 0 N–H and O–H groups in total. The molecule has 2 aromatic carbocycles. The lowest BCUT2D eigenvalue weighted by molar-refractivity contribution is 0.0701. The maximum Gasteiger partial charge on any atom is 0.276 e. The molecule has 0 aliphatic carbocycles. The molecule has 0 saturated carbocycles. The summed E-state index contributed by atoms with van der Waals surface area (Å²) in [5.74, 6) is 1.01. The van der Waals surface area contributed by atoms with Crippen molar-refractivity contribution in [3.8, 4) is 5.75 Å². The quantitative estimate of drug-likeness (QED) is 0.404. The Morgan fingerprint density at radius 1 is 0.974 bits per heavy atom. The number of aryl methyl sites for hydroxylation is 1. The largest absolute Gasteiger partial charge is 0.493 e. The van der Waals surface area contributed by atoms with E-state index in [0.717, 1.165) is 43.6 Å². The van der Waals surface area contributed by atoms with Gasteiger partial charge in [0.15, 0.2) is 5.69 Å². The Morgan fingerprint density at radius 2 is 1.74 bits per heavy atom. The van der Waals surface area contributed by atoms with Gasteiger partial charge in [0.05, 0.1) is 12.2 Å². The van der Waals surface area contributed by atoms with Crippen LogP contribution in [-0.4, -0.2) is 65.6 Å². The molecule has 0 spiro atoms. The van der Waals surface area contributed by atoms with Gasteiger partial charge in [0, 0.05) is 56.9 Å². The number of ether oxygens (including phenoxy) is 1. The molecule has 39 heavy (non-hydrogen) atoms. The van der Waals surface area contributed by atoms with Crippen molar-refractivity contribution in [2.75, 3.05) is 37.7 Å². The molecule has 0 atom stereocenters. The SMILES string of the molecule is CCCc1cc(C(=O)N2CCN(C(C)C)CCCN(C(=O)c3ccccc3OCC)c3ccccc3C2)no1. The van der Waals surface area contributed by atoms with Crippen LogP contribution in [0.2, 0.25) is 0 Å². The highest BCUT2D eigenvalue weighted by atomic mass is 16.5. The van der Waals surface area contributed by atoms with E-state index in [2.05, 4.69) is 30.8 Å². The van der Waals surface area contributed by atoms with E-state index >= 15 is 0 Å². The number of carbonyl (C=O) groups excluding carboxylic acids is 2. The first-order chi connectivity index (χ1) is 18.9. The Hall–Kier alpha value is -3.65. The van der Waals surface area contributed by atoms with Crippen molar-refractivity contribution in [3.63, 3.8) is 0 Å². The molecule has 0 fully saturated rings. The predicted octanol–water partition coefficient (Wildman–Crippen LogP) is 5.43. The number of para-hydroxylation sites is 2. The third-order valence-corrected chi connectivity index (χ3v) is 7.08. The van der Waals surface area contributed by atoms with Crippen molar-refractivity contribution in [3.05, 3.63) is 77.2 Å². The van der Waals surface area contributed by atoms with Crippen LogP contribution in [0.4, 0.5) is 5.69 Å². The van der Waals surface area contributed by atoms with Crippen LogP contribution in [0.1, 0.15) is 72.7 Å². The van der Waals surface area contributed by atoms with E-state index in [0.29, 0.717) is 55.1 Å². The number of fused-ring (bicyclic) bond motifs is 1. The molecule has 1 aromatic heterocycles. The Kier molecular flexibility index (Phi) is 9.76. The summed E-state index contributed by atoms with van der Waals surface area (Å²) < 4.78 is 11.2. The van der Waals surface area contributed by atoms with Crippen molar-refractivity contribution in [1.29, 1.82) is 0 Å². The average Bonchev–Trinajstić information content (AvgIpc) is 3.39. The second kappa shape index (κ2) is 13.4. The van der Waals surface area contributed by atoms with Gasteiger partial charge >= 0.3 is 0 Å². The smallest absolute Gasteiger partial charge is 0.276 e. The fourth-order valence-corrected chi connectivity index (χ4v) is 5.02. The Balaban J connectivity index is 1.72. The van der Waals surface area contributed by atoms with Gasteiger partial charge in [-0.1, -0.05) is 42.4 Å². The van der Waals surface area contributed by atoms with Crippen molar-refractivity contribution in [2.24, 2.45) is 0 Å². The Bertz CT molecular complexity index is 1250. The van der Waals surface area contributed by atoms with Gasteiger partial charge in [0.1, 0.15) is 11.5 Å². The van der Waals surface area contributed by atoms with Crippen LogP contribution in [0.3, 0.4) is 0 Å². The van der Waals surface area contributed by atoms with Gasteiger partial charge in [-0.05, 0) is 57.4 Å². The van der Waals surface area contributed by atoms with Gasteiger partial charge in [-0.2, -0.15) is 0 Å². The van der Waals surface area contributed by atoms with Gasteiger partial charge in [-0.25, -0.2) is 0 Å². The lowest BCUT2D eigenvalue weighted by atomic mass is 10.1. The fraction of sp³-hybridized carbons (Fsp3) is 0.452. The number of anilines is 1. The number of nitrogens with zero attached hydrogens (tertiary/aromatic N) is 4. The van der Waals surface area contributed by atoms with Crippen LogP contribution >= 0.6 is 0 Å². The van der Waals surface area contributed by atoms with Crippen molar-refractivity contribution in [2.45, 2.75) is 59.5 Å². The summed E-state index contributed by atoms with van der Waals surface area (Å²) in [6.45, 7) is 11.8. The topological polar surface area (TPSA) is 79.1 Å². The van der Waals surface area contributed by atoms with Gasteiger partial charge in [-0.3, -0.25) is 14.5 Å². The maximum atomic E-state index is 14.1. The summed E-state index contributed by atoms with van der Waals surface area (Å²) in [6, 6.07) is 17.3. The van der Waals surface area contributed by atoms with Crippen LogP contribution in [0.5, 0.6) is 5.75 Å². The highest BCUT2D eigenvalue weighted by molar-refractivity contribution is 6.08. The zero-order valence-corrected chi connectivity index (χ0v) is 23.6. The molecule has 208 valence electrons. The van der Waals surface area contributed by atoms with Crippen molar-refractivity contribution < 1.29 is 18.8 Å². The molecule has 0 bridgehead atoms. The second-order valence-electron chi connectivity index (χ2n) is 10.2. The molecule has 0 saturated heterocycles. The second-order valence-corrected chi connectivity index (χ2v) is 10.2. The van der Waals surface area contributed by atoms with E-state index in [-0.39, 0.29) is 11.8 Å². The minimum Gasteiger partial charge on any atom is -0.493 e. The lowest BCUT2D eigenvalue weighted by Gasteiger charge is -2.29. The highest BCUT2D eigenvalue weighted by Crippen LogP contribution is 2.28. The number of carbonyl (C=O) groups is 2. The summed E-state index contributed by atoms with van der Waals surface area (Å²) in [6.07, 6.45) is 2.46. The monoisotopic (exact) mass is 532 g/mol. The van der Waals surface area contributed by atoms with E-state index in [1.165, 1.54) is 0 Å². The number of hydrogen-bond donors (Lipinski definition) is 0. The summed E-state index contributed by atoms with van der Waals surface area (Å²) in [5, 5.41) is 4.09. The van der Waals surface area contributed by atoms with E-state index < -0.39 is 0 Å². The molecule has 8 nitrogen and oxygen atoms in total. The lowest BCUT2D eigenvalue weighted by Crippen LogP contribution is -2.41. The molecule has 1 aliphatic rings. The molecule has 2 heterocycles. The third kappa shape index (κ3) is 6.87. The van der Waals surface area contributed by atoms with Gasteiger partial charge < -0.3 is 19.1 Å². The van der Waals surface area contributed by atoms with Crippen molar-refractivity contribution in [1.82, 2.24) is 15.0 Å². The third-order valence-electron chi connectivity index (χ3n) is 7.08. The number of amides is 2. The number of rotatable bonds is 7. The summed E-state index contributed by atoms with van der Waals surface area (Å²) in [4.78, 5) is 33.8. The molecule has 0 radical (unpaired) electrons. The van der Waals surface area contributed by atoms with Crippen LogP contribution in [0, 0.1) is 0 Å². The van der Waals surface area contributed by atoms with Crippen LogP contribution < -0.4 is 9.64 Å². The van der Waals surface area contributed by atoms with E-state index in [1.54, 1.807) is 6.07 Å². The summed E-state index contributed by atoms with van der Waals surface area (Å²) in [7, 11) is 0. The predicted molar refractivity (Wildman–Crippen MR) is 152 cm³/mol. The standard InChI is InChI=1S/C31H40N4O4/c1-5-12-25-21-27(32-39-25)31(37)34-20-19-33(23(3)4)17-11-18-35(28-15-9-7-13-24(28)22-34)30(36)26-14-8-10-16-29(26)38-6-2/h7-10,13-16,21,23H,5-6,11-12,17-20,22H2,1-4H3. The summed E-state index contributed by atoms with van der Waals surface area (Å²) in [5.41, 5.74) is 2.56. The molecule has 0 unspecified atom stereocenters. The molecule has 4 rings (SSSR count). The minimum atomic E-state index is -0.168. The minimum absolute atomic E-state index is 0.111. The first-order valence-corrected chi connectivity index (χ1v) is 14.0. The van der Waals surface area contributed by atoms with E-state index in [9.17, 15) is 9.59 Å². The van der Waals surface area contributed by atoms with E-state index in [1.807, 2.05) is 65.3 Å². The van der Waals surface area contributed by atoms with Crippen LogP contribution in [0.15, 0.2) is 59.1 Å². The van der Waals surface area contributed by atoms with E-state index in [4.69, 9.17) is 9.26 Å². The van der Waals surface area contributed by atoms with Gasteiger partial charge in [0.25, 0.3) is 11.8 Å².